The Balaban J connectivity index is 2.49. The monoisotopic (exact) mass is 452 g/mol. The predicted molar refractivity (Wildman–Crippen MR) is 104 cm³/mol. The molecule has 0 spiro atoms. The molecular weight excluding hydrogens is 425 g/mol. The van der Waals surface area contributed by atoms with Crippen LogP contribution in [-0.2, 0) is 21.2 Å². The number of halogens is 3. The Morgan fingerprint density at radius 1 is 1.37 bits per heavy atom. The molecule has 30 heavy (non-hydrogen) atoms. The van der Waals surface area contributed by atoms with Crippen LogP contribution in [0.5, 0.6) is 5.75 Å². The third-order valence-corrected chi connectivity index (χ3v) is 6.47. The predicted octanol–water partition coefficient (Wildman–Crippen LogP) is 3.02. The molecule has 1 heterocycles. The average Bonchev–Trinajstić information content (AvgIpc) is 2.81. The zero-order valence-corrected chi connectivity index (χ0v) is 18.3. The zero-order valence-electron chi connectivity index (χ0n) is 17.4. The second-order valence-electron chi connectivity index (χ2n) is 8.58. The van der Waals surface area contributed by atoms with Gasteiger partial charge in [0, 0.05) is 0 Å². The van der Waals surface area contributed by atoms with Gasteiger partial charge in [-0.3, -0.25) is 4.90 Å². The van der Waals surface area contributed by atoms with Gasteiger partial charge in [0.05, 0.1) is 17.8 Å². The van der Waals surface area contributed by atoms with Gasteiger partial charge in [0.25, 0.3) is 5.92 Å². The number of likely N-dealkylation sites (tertiary alicyclic amines) is 1. The normalized spacial score (nSPS) is 21.8. The van der Waals surface area contributed by atoms with Crippen molar-refractivity contribution >= 4 is 16.1 Å². The molecule has 0 aromatic heterocycles. The fourth-order valence-electron chi connectivity index (χ4n) is 3.08. The molecule has 2 atom stereocenters. The fourth-order valence-corrected chi connectivity index (χ4v) is 4.04. The Bertz CT molecular complexity index is 900. The molecule has 2 N–H and O–H groups in total. The van der Waals surface area contributed by atoms with Gasteiger partial charge < -0.3 is 9.84 Å². The van der Waals surface area contributed by atoms with Crippen LogP contribution in [0.1, 0.15) is 40.2 Å². The van der Waals surface area contributed by atoms with Crippen molar-refractivity contribution in [1.29, 1.82) is 0 Å². The lowest BCUT2D eigenvalue weighted by Gasteiger charge is -2.30. The number of amides is 1. The molecule has 0 radical (unpaired) electrons. The number of phenols is 1. The van der Waals surface area contributed by atoms with E-state index in [1.165, 1.54) is 26.0 Å². The van der Waals surface area contributed by atoms with Crippen molar-refractivity contribution in [1.82, 2.24) is 9.62 Å². The average molecular weight is 452 g/mol. The minimum atomic E-state index is -4.13. The minimum absolute atomic E-state index is 0.139. The second kappa shape index (κ2) is 8.26. The van der Waals surface area contributed by atoms with Gasteiger partial charge in [0.1, 0.15) is 11.6 Å². The largest absolute Gasteiger partial charge is 0.505 e. The van der Waals surface area contributed by atoms with Gasteiger partial charge in [-0.25, -0.2) is 31.1 Å². The van der Waals surface area contributed by atoms with E-state index in [-0.39, 0.29) is 5.56 Å². The molecular formula is C19H27F3N2O5S. The van der Waals surface area contributed by atoms with Gasteiger partial charge in [-0.15, -0.1) is 0 Å². The molecule has 0 unspecified atom stereocenters. The van der Waals surface area contributed by atoms with E-state index in [1.54, 1.807) is 20.8 Å². The highest BCUT2D eigenvalue weighted by Crippen LogP contribution is 2.37. The van der Waals surface area contributed by atoms with Gasteiger partial charge in [0.2, 0.25) is 10.0 Å². The molecule has 1 fully saturated rings. The fraction of sp³-hybridized carbons (Fsp3) is 0.632. The maximum atomic E-state index is 14.9. The SMILES string of the molecule is CC(C)S(=O)(=O)N[C@@H]1[C@H](Cc2cccc(O)c2F)N(C(=O)OC(C)(C)C)CC1(F)F. The Labute approximate surface area is 174 Å². The number of hydrogen-bond donors (Lipinski definition) is 2. The maximum Gasteiger partial charge on any atom is 0.410 e. The summed E-state index contributed by atoms with van der Waals surface area (Å²) >= 11 is 0. The molecule has 7 nitrogen and oxygen atoms in total. The van der Waals surface area contributed by atoms with E-state index >= 15 is 0 Å². The number of alkyl halides is 2. The number of nitrogens with one attached hydrogen (secondary N) is 1. The number of phenolic OH excluding ortho intramolecular Hbond substituents is 1. The van der Waals surface area contributed by atoms with Crippen molar-refractivity contribution in [3.63, 3.8) is 0 Å². The van der Waals surface area contributed by atoms with Crippen LogP contribution in [0.2, 0.25) is 0 Å². The molecule has 0 saturated carbocycles. The maximum absolute atomic E-state index is 14.9. The number of carbonyl (C=O) groups is 1. The lowest BCUT2D eigenvalue weighted by Crippen LogP contribution is -2.54. The summed E-state index contributed by atoms with van der Waals surface area (Å²) in [5, 5.41) is 8.59. The van der Waals surface area contributed by atoms with E-state index in [0.717, 1.165) is 6.07 Å². The van der Waals surface area contributed by atoms with Crippen LogP contribution in [-0.4, -0.2) is 59.9 Å². The van der Waals surface area contributed by atoms with Crippen LogP contribution in [0.15, 0.2) is 18.2 Å². The number of rotatable bonds is 5. The summed E-state index contributed by atoms with van der Waals surface area (Å²) in [6.07, 6.45) is -1.53. The summed E-state index contributed by atoms with van der Waals surface area (Å²) in [5.41, 5.74) is -1.12. The molecule has 0 bridgehead atoms. The standard InChI is InChI=1S/C19H27F3N2O5S/c1-11(2)30(27,28)23-16-13(9-12-7-6-8-14(25)15(12)20)24(10-19(16,21)22)17(26)29-18(3,4)5/h6-8,11,13,16,23,25H,9-10H2,1-5H3/t13-,16+/m0/s1. The van der Waals surface area contributed by atoms with Crippen molar-refractivity contribution in [3.05, 3.63) is 29.6 Å². The smallest absolute Gasteiger partial charge is 0.410 e. The first-order valence-corrected chi connectivity index (χ1v) is 10.9. The van der Waals surface area contributed by atoms with E-state index in [2.05, 4.69) is 0 Å². The first-order valence-electron chi connectivity index (χ1n) is 9.40. The summed E-state index contributed by atoms with van der Waals surface area (Å²) < 4.78 is 75.8. The Hall–Kier alpha value is -2.01. The molecule has 2 rings (SSSR count). The van der Waals surface area contributed by atoms with Gasteiger partial charge in [-0.1, -0.05) is 12.1 Å². The first-order chi connectivity index (χ1) is 13.5. The van der Waals surface area contributed by atoms with Crippen LogP contribution in [0.25, 0.3) is 0 Å². The molecule has 1 aromatic rings. The number of ether oxygens (including phenoxy) is 1. The number of hydrogen-bond acceptors (Lipinski definition) is 5. The van der Waals surface area contributed by atoms with Crippen LogP contribution in [0.3, 0.4) is 0 Å². The van der Waals surface area contributed by atoms with Crippen molar-refractivity contribution < 1.29 is 36.2 Å². The third kappa shape index (κ3) is 5.37. The summed E-state index contributed by atoms with van der Waals surface area (Å²) in [4.78, 5) is 13.3. The highest BCUT2D eigenvalue weighted by Gasteiger charge is 2.58. The van der Waals surface area contributed by atoms with Crippen LogP contribution in [0.4, 0.5) is 18.0 Å². The highest BCUT2D eigenvalue weighted by molar-refractivity contribution is 7.90. The van der Waals surface area contributed by atoms with E-state index in [9.17, 15) is 31.5 Å². The molecule has 1 aromatic carbocycles. The van der Waals surface area contributed by atoms with E-state index in [1.807, 2.05) is 4.72 Å². The lowest BCUT2D eigenvalue weighted by atomic mass is 9.98. The molecule has 11 heteroatoms. The first kappa shape index (κ1) is 24.3. The minimum Gasteiger partial charge on any atom is -0.505 e. The van der Waals surface area contributed by atoms with E-state index in [0.29, 0.717) is 4.90 Å². The summed E-state index contributed by atoms with van der Waals surface area (Å²) in [7, 11) is -4.13. The van der Waals surface area contributed by atoms with Crippen molar-refractivity contribution in [2.75, 3.05) is 6.54 Å². The van der Waals surface area contributed by atoms with Crippen molar-refractivity contribution in [3.8, 4) is 5.75 Å². The Morgan fingerprint density at radius 2 is 1.97 bits per heavy atom. The number of sulfonamides is 1. The quantitative estimate of drug-likeness (QED) is 0.716. The van der Waals surface area contributed by atoms with Crippen molar-refractivity contribution in [2.24, 2.45) is 0 Å². The van der Waals surface area contributed by atoms with Crippen molar-refractivity contribution in [2.45, 2.75) is 69.9 Å². The lowest BCUT2D eigenvalue weighted by molar-refractivity contribution is -0.0123. The number of benzene rings is 1. The molecule has 1 amide bonds. The Kier molecular flexibility index (Phi) is 6.68. The van der Waals surface area contributed by atoms with Crippen LogP contribution >= 0.6 is 0 Å². The van der Waals surface area contributed by atoms with Gasteiger partial charge >= 0.3 is 6.09 Å². The highest BCUT2D eigenvalue weighted by atomic mass is 32.2. The number of aromatic hydroxyl groups is 1. The molecule has 1 saturated heterocycles. The number of carbonyl (C=O) groups excluding carboxylic acids is 1. The number of nitrogens with zero attached hydrogens (tertiary/aromatic N) is 1. The third-order valence-electron chi connectivity index (χ3n) is 4.65. The van der Waals surface area contributed by atoms with Crippen LogP contribution in [0, 0.1) is 5.82 Å². The molecule has 1 aliphatic rings. The van der Waals surface area contributed by atoms with Gasteiger partial charge in [-0.05, 0) is 52.7 Å². The summed E-state index contributed by atoms with van der Waals surface area (Å²) in [6, 6.07) is 0.240. The molecule has 170 valence electrons. The van der Waals surface area contributed by atoms with Gasteiger partial charge in [-0.2, -0.15) is 0 Å². The summed E-state index contributed by atoms with van der Waals surface area (Å²) in [6.45, 7) is 6.22. The zero-order chi connectivity index (χ0) is 23.1. The van der Waals surface area contributed by atoms with E-state index < -0.39 is 69.5 Å². The van der Waals surface area contributed by atoms with Gasteiger partial charge in [0.15, 0.2) is 11.6 Å². The molecule has 0 aliphatic carbocycles. The summed E-state index contributed by atoms with van der Waals surface area (Å²) in [5.74, 6) is -5.33. The topological polar surface area (TPSA) is 95.9 Å². The van der Waals surface area contributed by atoms with E-state index in [4.69, 9.17) is 4.74 Å². The Morgan fingerprint density at radius 3 is 2.50 bits per heavy atom. The van der Waals surface area contributed by atoms with Crippen LogP contribution < -0.4 is 4.72 Å². The second-order valence-corrected chi connectivity index (χ2v) is 10.8. The molecule has 1 aliphatic heterocycles.